The molecule has 7 heteroatoms. The minimum Gasteiger partial charge on any atom is -0.459 e. The predicted molar refractivity (Wildman–Crippen MR) is 103 cm³/mol. The highest BCUT2D eigenvalue weighted by Gasteiger charge is 2.21. The molecule has 0 radical (unpaired) electrons. The Bertz CT molecular complexity index is 1210. The minimum absolute atomic E-state index is 0.142. The third kappa shape index (κ3) is 3.15. The van der Waals surface area contributed by atoms with E-state index < -0.39 is 11.4 Å². The molecular weight excluding hydrogens is 361 g/mol. The zero-order chi connectivity index (χ0) is 19.8. The Balaban J connectivity index is 1.58. The molecule has 1 unspecified atom stereocenters. The molecule has 0 N–H and O–H groups in total. The second kappa shape index (κ2) is 6.92. The molecule has 28 heavy (non-hydrogen) atoms. The highest BCUT2D eigenvalue weighted by molar-refractivity contribution is 5.80. The second-order valence-corrected chi connectivity index (χ2v) is 6.71. The number of halogens is 1. The van der Waals surface area contributed by atoms with Gasteiger partial charge in [-0.25, -0.2) is 9.37 Å². The lowest BCUT2D eigenvalue weighted by Crippen LogP contribution is -2.35. The van der Waals surface area contributed by atoms with Crippen LogP contribution in [0.15, 0.2) is 64.1 Å². The summed E-state index contributed by atoms with van der Waals surface area (Å²) in [4.78, 5) is 30.9. The fourth-order valence-electron chi connectivity index (χ4n) is 3.12. The van der Waals surface area contributed by atoms with E-state index in [1.165, 1.54) is 27.9 Å². The quantitative estimate of drug-likeness (QED) is 0.544. The molecule has 2 aromatic heterocycles. The number of hydrogen-bond acceptors (Lipinski definition) is 4. The van der Waals surface area contributed by atoms with E-state index in [0.29, 0.717) is 11.3 Å². The number of rotatable bonds is 4. The van der Waals surface area contributed by atoms with Crippen LogP contribution in [-0.4, -0.2) is 27.4 Å². The average molecular weight is 379 g/mol. The molecule has 2 heterocycles. The van der Waals surface area contributed by atoms with Gasteiger partial charge in [0.05, 0.1) is 23.3 Å². The van der Waals surface area contributed by atoms with Crippen molar-refractivity contribution in [1.82, 2.24) is 14.5 Å². The van der Waals surface area contributed by atoms with Crippen LogP contribution in [0, 0.1) is 5.82 Å². The van der Waals surface area contributed by atoms with Gasteiger partial charge in [0.25, 0.3) is 5.56 Å². The number of benzene rings is 2. The molecular formula is C21H18FN3O3. The average Bonchev–Trinajstić information content (AvgIpc) is 3.13. The largest absolute Gasteiger partial charge is 0.459 e. The molecule has 4 rings (SSSR count). The van der Waals surface area contributed by atoms with Crippen molar-refractivity contribution in [2.75, 3.05) is 7.05 Å². The summed E-state index contributed by atoms with van der Waals surface area (Å²) in [5, 5.41) is 1.10. The van der Waals surface area contributed by atoms with Gasteiger partial charge in [-0.15, -0.1) is 0 Å². The van der Waals surface area contributed by atoms with E-state index >= 15 is 0 Å². The van der Waals surface area contributed by atoms with Crippen molar-refractivity contribution in [2.24, 2.45) is 0 Å². The highest BCUT2D eigenvalue weighted by Crippen LogP contribution is 2.26. The summed E-state index contributed by atoms with van der Waals surface area (Å²) >= 11 is 0. The highest BCUT2D eigenvalue weighted by atomic mass is 19.1. The van der Waals surface area contributed by atoms with Crippen LogP contribution >= 0.6 is 0 Å². The Morgan fingerprint density at radius 1 is 1.25 bits per heavy atom. The summed E-state index contributed by atoms with van der Waals surface area (Å²) in [5.41, 5.74) is 0.684. The third-order valence-electron chi connectivity index (χ3n) is 4.92. The lowest BCUT2D eigenvalue weighted by Gasteiger charge is -2.23. The van der Waals surface area contributed by atoms with Crippen molar-refractivity contribution in [3.8, 4) is 0 Å². The normalized spacial score (nSPS) is 12.4. The van der Waals surface area contributed by atoms with E-state index in [-0.39, 0.29) is 23.9 Å². The molecule has 4 aromatic rings. The number of furan rings is 1. The fourth-order valence-corrected chi connectivity index (χ4v) is 3.12. The summed E-state index contributed by atoms with van der Waals surface area (Å²) in [5.74, 6) is -0.151. The van der Waals surface area contributed by atoms with Gasteiger partial charge in [0, 0.05) is 12.4 Å². The van der Waals surface area contributed by atoms with Crippen LogP contribution in [0.4, 0.5) is 4.39 Å². The first-order valence-corrected chi connectivity index (χ1v) is 8.83. The molecule has 0 saturated heterocycles. The van der Waals surface area contributed by atoms with Gasteiger partial charge in [-0.2, -0.15) is 0 Å². The first-order chi connectivity index (χ1) is 13.4. The van der Waals surface area contributed by atoms with Crippen molar-refractivity contribution < 1.29 is 13.6 Å². The lowest BCUT2D eigenvalue weighted by molar-refractivity contribution is -0.132. The molecule has 0 aliphatic carbocycles. The van der Waals surface area contributed by atoms with Gasteiger partial charge in [-0.1, -0.05) is 18.2 Å². The first-order valence-electron chi connectivity index (χ1n) is 8.83. The van der Waals surface area contributed by atoms with Crippen LogP contribution in [0.5, 0.6) is 0 Å². The monoisotopic (exact) mass is 379 g/mol. The second-order valence-electron chi connectivity index (χ2n) is 6.71. The molecule has 0 fully saturated rings. The van der Waals surface area contributed by atoms with Crippen LogP contribution in [0.25, 0.3) is 21.9 Å². The SMILES string of the molecule is CC(c1cc2ccccc2o1)N(C)C(=O)Cn1cnc2ccc(F)cc2c1=O. The van der Waals surface area contributed by atoms with Crippen LogP contribution in [0.1, 0.15) is 18.7 Å². The van der Waals surface area contributed by atoms with Crippen LogP contribution in [0.3, 0.4) is 0 Å². The van der Waals surface area contributed by atoms with E-state index in [2.05, 4.69) is 4.98 Å². The van der Waals surface area contributed by atoms with Gasteiger partial charge in [0.2, 0.25) is 5.91 Å². The van der Waals surface area contributed by atoms with Crippen LogP contribution in [-0.2, 0) is 11.3 Å². The Morgan fingerprint density at radius 3 is 2.82 bits per heavy atom. The zero-order valence-electron chi connectivity index (χ0n) is 15.4. The number of amides is 1. The number of para-hydroxylation sites is 1. The minimum atomic E-state index is -0.522. The number of fused-ring (bicyclic) bond motifs is 2. The van der Waals surface area contributed by atoms with E-state index in [4.69, 9.17) is 4.42 Å². The van der Waals surface area contributed by atoms with Crippen LogP contribution < -0.4 is 5.56 Å². The summed E-state index contributed by atoms with van der Waals surface area (Å²) in [6, 6.07) is 13.0. The fraction of sp³-hybridized carbons (Fsp3) is 0.190. The maximum Gasteiger partial charge on any atom is 0.261 e. The van der Waals surface area contributed by atoms with Gasteiger partial charge in [-0.3, -0.25) is 14.2 Å². The van der Waals surface area contributed by atoms with E-state index in [1.807, 2.05) is 37.3 Å². The Kier molecular flexibility index (Phi) is 4.43. The molecule has 2 aromatic carbocycles. The maximum absolute atomic E-state index is 13.5. The van der Waals surface area contributed by atoms with Crippen molar-refractivity contribution in [1.29, 1.82) is 0 Å². The van der Waals surface area contributed by atoms with Crippen LogP contribution in [0.2, 0.25) is 0 Å². The van der Waals surface area contributed by atoms with Gasteiger partial charge in [0.15, 0.2) is 0 Å². The molecule has 0 spiro atoms. The van der Waals surface area contributed by atoms with E-state index in [1.54, 1.807) is 7.05 Å². The summed E-state index contributed by atoms with van der Waals surface area (Å²) in [7, 11) is 1.65. The molecule has 142 valence electrons. The van der Waals surface area contributed by atoms with Crippen molar-refractivity contribution >= 4 is 27.8 Å². The number of hydrogen-bond donors (Lipinski definition) is 0. The smallest absolute Gasteiger partial charge is 0.261 e. The maximum atomic E-state index is 13.5. The Hall–Kier alpha value is -3.48. The number of likely N-dealkylation sites (N-methyl/N-ethyl adjacent to an activating group) is 1. The molecule has 0 aliphatic heterocycles. The lowest BCUT2D eigenvalue weighted by atomic mass is 10.2. The summed E-state index contributed by atoms with van der Waals surface area (Å²) in [6.45, 7) is 1.66. The molecule has 0 aliphatic rings. The Morgan fingerprint density at radius 2 is 2.04 bits per heavy atom. The topological polar surface area (TPSA) is 68.3 Å². The number of carbonyl (C=O) groups is 1. The molecule has 6 nitrogen and oxygen atoms in total. The van der Waals surface area contributed by atoms with Gasteiger partial charge >= 0.3 is 0 Å². The van der Waals surface area contributed by atoms with Gasteiger partial charge < -0.3 is 9.32 Å². The molecule has 0 saturated carbocycles. The van der Waals surface area contributed by atoms with E-state index in [9.17, 15) is 14.0 Å². The van der Waals surface area contributed by atoms with Crippen molar-refractivity contribution in [3.63, 3.8) is 0 Å². The molecule has 0 bridgehead atoms. The predicted octanol–water partition coefficient (Wildman–Crippen LogP) is 3.50. The number of aromatic nitrogens is 2. The molecule has 1 atom stereocenters. The first kappa shape index (κ1) is 17.9. The Labute approximate surface area is 159 Å². The van der Waals surface area contributed by atoms with Gasteiger partial charge in [-0.05, 0) is 37.3 Å². The van der Waals surface area contributed by atoms with Gasteiger partial charge in [0.1, 0.15) is 23.7 Å². The van der Waals surface area contributed by atoms with Crippen molar-refractivity contribution in [2.45, 2.75) is 19.5 Å². The standard InChI is InChI=1S/C21H18FN3O3/c1-13(19-9-14-5-3-4-6-18(14)28-19)24(2)20(26)11-25-12-23-17-8-7-15(22)10-16(17)21(25)27/h3-10,12-13H,11H2,1-2H3. The summed E-state index contributed by atoms with van der Waals surface area (Å²) < 4.78 is 20.5. The third-order valence-corrected chi connectivity index (χ3v) is 4.92. The molecule has 1 amide bonds. The van der Waals surface area contributed by atoms with Crippen molar-refractivity contribution in [3.05, 3.63) is 76.8 Å². The zero-order valence-corrected chi connectivity index (χ0v) is 15.4. The number of nitrogens with zero attached hydrogens (tertiary/aromatic N) is 3. The summed E-state index contributed by atoms with van der Waals surface area (Å²) in [6.07, 6.45) is 1.31. The number of carbonyl (C=O) groups excluding carboxylic acids is 1. The van der Waals surface area contributed by atoms with E-state index in [0.717, 1.165) is 17.0 Å².